The fourth-order valence-electron chi connectivity index (χ4n) is 1.36. The second kappa shape index (κ2) is 8.88. The summed E-state index contributed by atoms with van der Waals surface area (Å²) in [7, 11) is 3.36. The van der Waals surface area contributed by atoms with E-state index in [2.05, 4.69) is 15.6 Å². The molecule has 0 spiro atoms. The van der Waals surface area contributed by atoms with E-state index in [1.165, 1.54) is 12.1 Å². The molecule has 0 atom stereocenters. The number of ether oxygens (including phenoxy) is 1. The number of aliphatic imine (C=N–C) groups is 1. The van der Waals surface area contributed by atoms with Gasteiger partial charge in [0.25, 0.3) is 0 Å². The number of nitrogens with zero attached hydrogens (tertiary/aromatic N) is 1. The number of hydrogen-bond acceptors (Lipinski definition) is 2. The van der Waals surface area contributed by atoms with Crippen molar-refractivity contribution >= 4 is 29.9 Å². The van der Waals surface area contributed by atoms with E-state index in [-0.39, 0.29) is 24.0 Å². The van der Waals surface area contributed by atoms with E-state index in [1.807, 2.05) is 0 Å². The van der Waals surface area contributed by atoms with Gasteiger partial charge in [0.15, 0.2) is 5.96 Å². The predicted molar refractivity (Wildman–Crippen MR) is 82.8 cm³/mol. The summed E-state index contributed by atoms with van der Waals surface area (Å²) in [6, 6.07) is 4.59. The maximum absolute atomic E-state index is 12.3. The quantitative estimate of drug-likeness (QED) is 0.352. The number of nitrogens with one attached hydrogen (secondary N) is 2. The van der Waals surface area contributed by atoms with Gasteiger partial charge in [-0.25, -0.2) is 0 Å². The molecule has 0 heterocycles. The van der Waals surface area contributed by atoms with Crippen LogP contribution in [-0.4, -0.2) is 33.2 Å². The summed E-state index contributed by atoms with van der Waals surface area (Å²) in [4.78, 5) is 3.90. The summed E-state index contributed by atoms with van der Waals surface area (Å²) < 4.78 is 42.3. The normalized spacial score (nSPS) is 11.6. The van der Waals surface area contributed by atoms with Gasteiger partial charge in [0.1, 0.15) is 12.4 Å². The van der Waals surface area contributed by atoms with Crippen molar-refractivity contribution in [3.8, 4) is 5.75 Å². The first-order valence-corrected chi connectivity index (χ1v) is 5.66. The van der Waals surface area contributed by atoms with Crippen molar-refractivity contribution in [1.29, 1.82) is 0 Å². The lowest BCUT2D eigenvalue weighted by Gasteiger charge is -2.11. The fraction of sp³-hybridized carbons (Fsp3) is 0.417. The van der Waals surface area contributed by atoms with Crippen molar-refractivity contribution in [2.45, 2.75) is 6.18 Å². The molecule has 1 aromatic carbocycles. The molecule has 1 rings (SSSR count). The van der Waals surface area contributed by atoms with Gasteiger partial charge in [0, 0.05) is 14.1 Å². The Morgan fingerprint density at radius 3 is 2.30 bits per heavy atom. The molecule has 1 aromatic rings. The molecule has 0 aliphatic carbocycles. The van der Waals surface area contributed by atoms with Crippen LogP contribution in [0.25, 0.3) is 0 Å². The average Bonchev–Trinajstić information content (AvgIpc) is 2.38. The van der Waals surface area contributed by atoms with Crippen molar-refractivity contribution in [3.63, 3.8) is 0 Å². The summed E-state index contributed by atoms with van der Waals surface area (Å²) in [5.41, 5.74) is -0.687. The van der Waals surface area contributed by atoms with Crippen LogP contribution in [-0.2, 0) is 6.18 Å². The molecule has 0 bridgehead atoms. The van der Waals surface area contributed by atoms with Gasteiger partial charge in [-0.2, -0.15) is 13.2 Å². The third-order valence-electron chi connectivity index (χ3n) is 2.31. The molecule has 0 aromatic heterocycles. The molecular formula is C12H17F3IN3O. The molecule has 20 heavy (non-hydrogen) atoms. The number of guanidine groups is 1. The Hall–Kier alpha value is -1.19. The maximum atomic E-state index is 12.3. The Morgan fingerprint density at radius 1 is 1.25 bits per heavy atom. The number of hydrogen-bond donors (Lipinski definition) is 2. The van der Waals surface area contributed by atoms with Crippen LogP contribution < -0.4 is 15.4 Å². The Kier molecular flexibility index (Phi) is 8.35. The topological polar surface area (TPSA) is 45.7 Å². The van der Waals surface area contributed by atoms with E-state index >= 15 is 0 Å². The third kappa shape index (κ3) is 6.31. The van der Waals surface area contributed by atoms with E-state index < -0.39 is 11.7 Å². The van der Waals surface area contributed by atoms with Gasteiger partial charge in [-0.05, 0) is 24.3 Å². The average molecular weight is 403 g/mol. The summed E-state index contributed by atoms with van der Waals surface area (Å²) in [5, 5.41) is 5.79. The molecule has 0 radical (unpaired) electrons. The van der Waals surface area contributed by atoms with Gasteiger partial charge in [-0.15, -0.1) is 24.0 Å². The molecule has 0 aliphatic rings. The highest BCUT2D eigenvalue weighted by atomic mass is 127. The van der Waals surface area contributed by atoms with E-state index in [9.17, 15) is 13.2 Å². The fourth-order valence-corrected chi connectivity index (χ4v) is 1.36. The molecule has 2 N–H and O–H groups in total. The number of halogens is 4. The van der Waals surface area contributed by atoms with Crippen molar-refractivity contribution in [3.05, 3.63) is 29.8 Å². The smallest absolute Gasteiger partial charge is 0.416 e. The minimum atomic E-state index is -4.32. The van der Waals surface area contributed by atoms with Gasteiger partial charge in [-0.1, -0.05) is 0 Å². The summed E-state index contributed by atoms with van der Waals surface area (Å²) in [5.74, 6) is 1.02. The molecule has 0 unspecified atom stereocenters. The minimum absolute atomic E-state index is 0. The van der Waals surface area contributed by atoms with Crippen LogP contribution in [0.4, 0.5) is 13.2 Å². The summed E-state index contributed by atoms with van der Waals surface area (Å²) >= 11 is 0. The lowest BCUT2D eigenvalue weighted by molar-refractivity contribution is -0.137. The number of alkyl halides is 3. The number of benzene rings is 1. The maximum Gasteiger partial charge on any atom is 0.416 e. The summed E-state index contributed by atoms with van der Waals surface area (Å²) in [6.45, 7) is 0.820. The Morgan fingerprint density at radius 2 is 1.85 bits per heavy atom. The second-order valence-electron chi connectivity index (χ2n) is 3.62. The van der Waals surface area contributed by atoms with E-state index in [4.69, 9.17) is 4.74 Å². The zero-order chi connectivity index (χ0) is 14.3. The Balaban J connectivity index is 0.00000361. The second-order valence-corrected chi connectivity index (χ2v) is 3.62. The molecule has 0 fully saturated rings. The first-order chi connectivity index (χ1) is 8.97. The Labute approximate surface area is 132 Å². The highest BCUT2D eigenvalue weighted by molar-refractivity contribution is 14.0. The zero-order valence-electron chi connectivity index (χ0n) is 11.1. The largest absolute Gasteiger partial charge is 0.492 e. The van der Waals surface area contributed by atoms with E-state index in [0.29, 0.717) is 24.9 Å². The van der Waals surface area contributed by atoms with Crippen LogP contribution in [0.3, 0.4) is 0 Å². The van der Waals surface area contributed by atoms with Crippen LogP contribution in [0.1, 0.15) is 5.56 Å². The van der Waals surface area contributed by atoms with Crippen LogP contribution in [0.15, 0.2) is 29.3 Å². The van der Waals surface area contributed by atoms with Gasteiger partial charge in [0.05, 0.1) is 12.1 Å². The monoisotopic (exact) mass is 403 g/mol. The highest BCUT2D eigenvalue weighted by Gasteiger charge is 2.29. The van der Waals surface area contributed by atoms with Gasteiger partial charge in [0.2, 0.25) is 0 Å². The van der Waals surface area contributed by atoms with Crippen molar-refractivity contribution in [1.82, 2.24) is 10.6 Å². The van der Waals surface area contributed by atoms with E-state index in [1.54, 1.807) is 14.1 Å². The third-order valence-corrected chi connectivity index (χ3v) is 2.31. The highest BCUT2D eigenvalue weighted by Crippen LogP contribution is 2.30. The van der Waals surface area contributed by atoms with Crippen molar-refractivity contribution < 1.29 is 17.9 Å². The molecule has 8 heteroatoms. The molecule has 4 nitrogen and oxygen atoms in total. The standard InChI is InChI=1S/C12H16F3N3O.HI/c1-16-11(17-2)18-7-8-19-10-5-3-9(4-6-10)12(13,14)15;/h3-6H,7-8H2,1-2H3,(H2,16,17,18);1H. The van der Waals surface area contributed by atoms with Gasteiger partial charge in [-0.3, -0.25) is 4.99 Å². The zero-order valence-corrected chi connectivity index (χ0v) is 13.5. The molecule has 0 saturated carbocycles. The van der Waals surface area contributed by atoms with Crippen LogP contribution in [0.5, 0.6) is 5.75 Å². The van der Waals surface area contributed by atoms with Crippen molar-refractivity contribution in [2.24, 2.45) is 4.99 Å². The molecule has 114 valence electrons. The number of rotatable bonds is 4. The van der Waals surface area contributed by atoms with Gasteiger partial charge < -0.3 is 15.4 Å². The molecule has 0 saturated heterocycles. The van der Waals surface area contributed by atoms with Gasteiger partial charge >= 0.3 is 6.18 Å². The van der Waals surface area contributed by atoms with E-state index in [0.717, 1.165) is 12.1 Å². The predicted octanol–water partition coefficient (Wildman–Crippen LogP) is 2.50. The first kappa shape index (κ1) is 18.8. The Bertz CT molecular complexity index is 421. The SMILES string of the molecule is CN=C(NC)NCCOc1ccc(C(F)(F)F)cc1.I. The minimum Gasteiger partial charge on any atom is -0.492 e. The van der Waals surface area contributed by atoms with Crippen molar-refractivity contribution in [2.75, 3.05) is 27.2 Å². The molecular weight excluding hydrogens is 386 g/mol. The van der Waals surface area contributed by atoms with Crippen LogP contribution in [0.2, 0.25) is 0 Å². The molecule has 0 amide bonds. The van der Waals surface area contributed by atoms with Crippen LogP contribution in [0, 0.1) is 0 Å². The first-order valence-electron chi connectivity index (χ1n) is 5.66. The lowest BCUT2D eigenvalue weighted by atomic mass is 10.2. The lowest BCUT2D eigenvalue weighted by Crippen LogP contribution is -2.37. The molecule has 0 aliphatic heterocycles. The summed E-state index contributed by atoms with van der Waals surface area (Å²) in [6.07, 6.45) is -4.32. The van der Waals surface area contributed by atoms with Crippen LogP contribution >= 0.6 is 24.0 Å².